The van der Waals surface area contributed by atoms with Crippen LogP contribution in [0.1, 0.15) is 16.7 Å². The number of barbiturate groups is 1. The molecule has 0 unspecified atom stereocenters. The number of carbonyl (C=O) groups excluding carboxylic acids is 3. The summed E-state index contributed by atoms with van der Waals surface area (Å²) in [4.78, 5) is 39.5. The second kappa shape index (κ2) is 10.4. The van der Waals surface area contributed by atoms with Crippen LogP contribution >= 0.6 is 11.6 Å². The number of rotatable bonds is 6. The molecule has 1 aliphatic heterocycles. The summed E-state index contributed by atoms with van der Waals surface area (Å²) in [5, 5.41) is 4.86. The van der Waals surface area contributed by atoms with Gasteiger partial charge in [0.05, 0.1) is 12.8 Å². The maximum absolute atomic E-state index is 13.3. The van der Waals surface area contributed by atoms with Crippen LogP contribution < -0.4 is 19.7 Å². The zero-order valence-electron chi connectivity index (χ0n) is 20.7. The molecule has 0 atom stereocenters. The molecule has 0 aromatic heterocycles. The van der Waals surface area contributed by atoms with Gasteiger partial charge in [0.15, 0.2) is 0 Å². The average Bonchev–Trinajstić information content (AvgIpc) is 2.91. The summed E-state index contributed by atoms with van der Waals surface area (Å²) in [6.45, 7) is 2.28. The monoisotopic (exact) mass is 526 g/mol. The van der Waals surface area contributed by atoms with Crippen molar-refractivity contribution in [1.29, 1.82) is 0 Å². The molecule has 4 aromatic rings. The number of hydrogen-bond donors (Lipinski definition) is 1. The summed E-state index contributed by atoms with van der Waals surface area (Å²) in [6.07, 6.45) is 1.41. The molecule has 1 fully saturated rings. The first-order valence-electron chi connectivity index (χ1n) is 11.8. The Morgan fingerprint density at radius 3 is 2.47 bits per heavy atom. The summed E-state index contributed by atoms with van der Waals surface area (Å²) >= 11 is 5.95. The number of aryl methyl sites for hydroxylation is 1. The maximum atomic E-state index is 13.3. The average molecular weight is 527 g/mol. The van der Waals surface area contributed by atoms with E-state index < -0.39 is 17.8 Å². The van der Waals surface area contributed by atoms with Gasteiger partial charge in [-0.2, -0.15) is 0 Å². The number of nitrogens with one attached hydrogen (secondary N) is 1. The summed E-state index contributed by atoms with van der Waals surface area (Å²) in [5.41, 5.74) is 2.65. The van der Waals surface area contributed by atoms with Crippen LogP contribution in [-0.2, 0) is 16.2 Å². The van der Waals surface area contributed by atoms with E-state index in [1.54, 1.807) is 37.4 Å². The Hall–Kier alpha value is -4.62. The Labute approximate surface area is 224 Å². The maximum Gasteiger partial charge on any atom is 0.335 e. The number of nitrogens with zero attached hydrogens (tertiary/aromatic N) is 1. The smallest absolute Gasteiger partial charge is 0.335 e. The number of amides is 4. The molecule has 5 rings (SSSR count). The number of benzene rings is 4. The quantitative estimate of drug-likeness (QED) is 0.244. The van der Waals surface area contributed by atoms with Crippen molar-refractivity contribution in [2.24, 2.45) is 0 Å². The number of ether oxygens (including phenoxy) is 2. The van der Waals surface area contributed by atoms with E-state index in [-0.39, 0.29) is 17.9 Å². The highest BCUT2D eigenvalue weighted by Crippen LogP contribution is 2.31. The standard InChI is InChI=1S/C30H23ClN2O5/c1-18-7-8-19-5-3-4-6-24(19)26(18)17-38-27-16-23(37-2)14-9-20(27)15-25-28(34)32-30(36)33(29(25)35)22-12-10-21(31)11-13-22/h3-16H,17H2,1-2H3,(H,32,34,36)/b25-15+. The molecule has 0 aliphatic carbocycles. The highest BCUT2D eigenvalue weighted by Gasteiger charge is 2.37. The van der Waals surface area contributed by atoms with E-state index in [0.29, 0.717) is 22.1 Å². The van der Waals surface area contributed by atoms with Gasteiger partial charge in [-0.05, 0) is 65.7 Å². The Balaban J connectivity index is 1.51. The van der Waals surface area contributed by atoms with Crippen LogP contribution in [0.2, 0.25) is 5.02 Å². The number of anilines is 1. The molecule has 0 radical (unpaired) electrons. The first kappa shape index (κ1) is 25.0. The first-order valence-corrected chi connectivity index (χ1v) is 12.2. The third kappa shape index (κ3) is 4.84. The van der Waals surface area contributed by atoms with E-state index in [1.165, 1.54) is 18.2 Å². The third-order valence-electron chi connectivity index (χ3n) is 6.35. The summed E-state index contributed by atoms with van der Waals surface area (Å²) in [7, 11) is 1.54. The molecule has 1 aliphatic rings. The number of hydrogen-bond acceptors (Lipinski definition) is 5. The van der Waals surface area contributed by atoms with E-state index in [9.17, 15) is 14.4 Å². The number of halogens is 1. The predicted octanol–water partition coefficient (Wildman–Crippen LogP) is 6.06. The number of urea groups is 1. The van der Waals surface area contributed by atoms with Gasteiger partial charge in [0.1, 0.15) is 23.7 Å². The fourth-order valence-electron chi connectivity index (χ4n) is 4.31. The van der Waals surface area contributed by atoms with Gasteiger partial charge >= 0.3 is 6.03 Å². The minimum Gasteiger partial charge on any atom is -0.497 e. The summed E-state index contributed by atoms with van der Waals surface area (Å²) in [5.74, 6) is -0.585. The van der Waals surface area contributed by atoms with Crippen molar-refractivity contribution in [2.45, 2.75) is 13.5 Å². The lowest BCUT2D eigenvalue weighted by molar-refractivity contribution is -0.122. The van der Waals surface area contributed by atoms with Gasteiger partial charge < -0.3 is 9.47 Å². The lowest BCUT2D eigenvalue weighted by Gasteiger charge is -2.26. The molecule has 1 heterocycles. The zero-order valence-corrected chi connectivity index (χ0v) is 21.4. The molecule has 190 valence electrons. The van der Waals surface area contributed by atoms with E-state index in [2.05, 4.69) is 11.4 Å². The SMILES string of the molecule is COc1ccc(/C=C2\C(=O)NC(=O)N(c3ccc(Cl)cc3)C2=O)c(OCc2c(C)ccc3ccccc23)c1. The molecular formula is C30H23ClN2O5. The van der Waals surface area contributed by atoms with Crippen molar-refractivity contribution in [3.8, 4) is 11.5 Å². The van der Waals surface area contributed by atoms with Crippen molar-refractivity contribution in [3.05, 3.63) is 106 Å². The van der Waals surface area contributed by atoms with Gasteiger partial charge in [-0.3, -0.25) is 14.9 Å². The predicted molar refractivity (Wildman–Crippen MR) is 146 cm³/mol. The van der Waals surface area contributed by atoms with Crippen molar-refractivity contribution in [3.63, 3.8) is 0 Å². The molecule has 0 bridgehead atoms. The van der Waals surface area contributed by atoms with Crippen LogP contribution in [0.15, 0.2) is 84.4 Å². The van der Waals surface area contributed by atoms with Crippen molar-refractivity contribution in [2.75, 3.05) is 12.0 Å². The Morgan fingerprint density at radius 2 is 1.71 bits per heavy atom. The van der Waals surface area contributed by atoms with Gasteiger partial charge in [0.2, 0.25) is 0 Å². The Morgan fingerprint density at radius 1 is 0.947 bits per heavy atom. The van der Waals surface area contributed by atoms with Gasteiger partial charge in [0.25, 0.3) is 11.8 Å². The number of imide groups is 2. The summed E-state index contributed by atoms with van der Waals surface area (Å²) in [6, 6.07) is 22.6. The summed E-state index contributed by atoms with van der Waals surface area (Å²) < 4.78 is 11.6. The molecule has 0 spiro atoms. The molecular weight excluding hydrogens is 504 g/mol. The second-order valence-corrected chi connectivity index (χ2v) is 9.15. The van der Waals surface area contributed by atoms with Crippen LogP contribution in [0.25, 0.3) is 16.8 Å². The largest absolute Gasteiger partial charge is 0.497 e. The third-order valence-corrected chi connectivity index (χ3v) is 6.61. The molecule has 4 amide bonds. The number of carbonyl (C=O) groups is 3. The van der Waals surface area contributed by atoms with Gasteiger partial charge in [-0.15, -0.1) is 0 Å². The molecule has 4 aromatic carbocycles. The van der Waals surface area contributed by atoms with E-state index in [1.807, 2.05) is 37.3 Å². The van der Waals surface area contributed by atoms with Crippen LogP contribution in [0, 0.1) is 6.92 Å². The lowest BCUT2D eigenvalue weighted by Crippen LogP contribution is -2.54. The Kier molecular flexibility index (Phi) is 6.85. The first-order chi connectivity index (χ1) is 18.4. The van der Waals surface area contributed by atoms with Crippen LogP contribution in [-0.4, -0.2) is 25.0 Å². The molecule has 0 saturated carbocycles. The van der Waals surface area contributed by atoms with Gasteiger partial charge in [0, 0.05) is 22.2 Å². The molecule has 1 saturated heterocycles. The van der Waals surface area contributed by atoms with Crippen LogP contribution in [0.3, 0.4) is 0 Å². The topological polar surface area (TPSA) is 84.9 Å². The Bertz CT molecular complexity index is 1610. The minimum atomic E-state index is -0.836. The second-order valence-electron chi connectivity index (χ2n) is 8.71. The molecule has 38 heavy (non-hydrogen) atoms. The normalized spacial score (nSPS) is 14.7. The van der Waals surface area contributed by atoms with Crippen molar-refractivity contribution >= 4 is 52.0 Å². The van der Waals surface area contributed by atoms with Crippen molar-refractivity contribution in [1.82, 2.24) is 5.32 Å². The fourth-order valence-corrected chi connectivity index (χ4v) is 4.44. The van der Waals surface area contributed by atoms with Gasteiger partial charge in [-0.25, -0.2) is 9.69 Å². The van der Waals surface area contributed by atoms with E-state index in [4.69, 9.17) is 21.1 Å². The molecule has 1 N–H and O–H groups in total. The molecule has 7 nitrogen and oxygen atoms in total. The van der Waals surface area contributed by atoms with Crippen molar-refractivity contribution < 1.29 is 23.9 Å². The van der Waals surface area contributed by atoms with E-state index >= 15 is 0 Å². The number of methoxy groups -OCH3 is 1. The van der Waals surface area contributed by atoms with Gasteiger partial charge in [-0.1, -0.05) is 48.0 Å². The lowest BCUT2D eigenvalue weighted by atomic mass is 10.0. The van der Waals surface area contributed by atoms with Crippen LogP contribution in [0.5, 0.6) is 11.5 Å². The fraction of sp³-hybridized carbons (Fsp3) is 0.100. The van der Waals surface area contributed by atoms with Crippen LogP contribution in [0.4, 0.5) is 10.5 Å². The molecule has 8 heteroatoms. The minimum absolute atomic E-state index is 0.212. The van der Waals surface area contributed by atoms with E-state index in [0.717, 1.165) is 26.8 Å². The zero-order chi connectivity index (χ0) is 26.8. The number of fused-ring (bicyclic) bond motifs is 1. The highest BCUT2D eigenvalue weighted by atomic mass is 35.5. The highest BCUT2D eigenvalue weighted by molar-refractivity contribution is 6.39.